The lowest BCUT2D eigenvalue weighted by atomic mass is 9.89. The molecule has 1 amide bonds. The number of carbonyl (C=O) groups excluding carboxylic acids is 1. The number of hydrogen-bond acceptors (Lipinski definition) is 7. The van der Waals surface area contributed by atoms with Crippen LogP contribution in [-0.2, 0) is 14.3 Å². The van der Waals surface area contributed by atoms with Crippen LogP contribution in [0.5, 0.6) is 17.2 Å². The van der Waals surface area contributed by atoms with Crippen molar-refractivity contribution >= 4 is 22.7 Å². The molecule has 8 heteroatoms. The van der Waals surface area contributed by atoms with Crippen molar-refractivity contribution in [3.05, 3.63) is 120 Å². The van der Waals surface area contributed by atoms with Crippen LogP contribution >= 0.6 is 0 Å². The summed E-state index contributed by atoms with van der Waals surface area (Å²) in [4.78, 5) is 16.3. The minimum atomic E-state index is -0.259. The highest BCUT2D eigenvalue weighted by Gasteiger charge is 2.21. The quantitative estimate of drug-likeness (QED) is 0.102. The van der Waals surface area contributed by atoms with Crippen LogP contribution in [0.4, 0.5) is 5.69 Å². The fourth-order valence-electron chi connectivity index (χ4n) is 4.31. The second-order valence-corrected chi connectivity index (χ2v) is 9.90. The summed E-state index contributed by atoms with van der Waals surface area (Å²) in [5.74, 6) is 1.78. The van der Waals surface area contributed by atoms with Crippen LogP contribution in [0.1, 0.15) is 16.7 Å². The fourth-order valence-corrected chi connectivity index (χ4v) is 4.31. The Hall–Kier alpha value is -4.63. The topological polar surface area (TPSA) is 78.5 Å². The van der Waals surface area contributed by atoms with Crippen molar-refractivity contribution in [1.82, 2.24) is 4.90 Å². The number of carbonyl (C=O) groups is 1. The van der Waals surface area contributed by atoms with E-state index in [1.165, 1.54) is 0 Å². The molecule has 0 atom stereocenters. The number of nitrogens with one attached hydrogen (secondary N) is 1. The summed E-state index contributed by atoms with van der Waals surface area (Å²) in [5.41, 5.74) is 4.39. The van der Waals surface area contributed by atoms with E-state index in [0.717, 1.165) is 34.6 Å². The Morgan fingerprint density at radius 2 is 1.12 bits per heavy atom. The fraction of sp³-hybridized carbons (Fsp3) is 0.229. The van der Waals surface area contributed by atoms with Crippen molar-refractivity contribution in [3.63, 3.8) is 0 Å². The molecule has 0 saturated heterocycles. The second-order valence-electron chi connectivity index (χ2n) is 9.90. The van der Waals surface area contributed by atoms with Crippen molar-refractivity contribution in [1.29, 1.82) is 0 Å². The number of rotatable bonds is 15. The zero-order valence-corrected chi connectivity index (χ0v) is 25.0. The first-order valence-electron chi connectivity index (χ1n) is 13.9. The molecule has 1 N–H and O–H groups in total. The van der Waals surface area contributed by atoms with Crippen LogP contribution in [0.3, 0.4) is 0 Å². The molecule has 0 spiro atoms. The Morgan fingerprint density at radius 3 is 1.65 bits per heavy atom. The zero-order chi connectivity index (χ0) is 30.4. The molecule has 4 rings (SSSR count). The van der Waals surface area contributed by atoms with E-state index in [4.69, 9.17) is 23.7 Å². The number of nitrogens with zero attached hydrogens (tertiary/aromatic N) is 1. The molecule has 0 unspecified atom stereocenters. The number of hydrogen-bond donors (Lipinski definition) is 1. The molecule has 0 aliphatic heterocycles. The Labute approximate surface area is 253 Å². The maximum atomic E-state index is 14.2. The molecular weight excluding hydrogens is 544 g/mol. The predicted molar refractivity (Wildman–Crippen MR) is 169 cm³/mol. The van der Waals surface area contributed by atoms with Gasteiger partial charge < -0.3 is 33.9 Å². The van der Waals surface area contributed by atoms with Gasteiger partial charge in [-0.15, -0.1) is 0 Å². The Bertz CT molecular complexity index is 1450. The van der Waals surface area contributed by atoms with Gasteiger partial charge in [-0.1, -0.05) is 54.6 Å². The maximum Gasteiger partial charge on any atom is 0.256 e. The molecule has 0 aromatic heterocycles. The van der Waals surface area contributed by atoms with E-state index in [9.17, 15) is 4.79 Å². The minimum absolute atomic E-state index is 0.129. The van der Waals surface area contributed by atoms with Crippen LogP contribution in [0, 0.1) is 0 Å². The number of benzene rings is 4. The lowest BCUT2D eigenvalue weighted by Crippen LogP contribution is -2.19. The highest BCUT2D eigenvalue weighted by Crippen LogP contribution is 2.35. The van der Waals surface area contributed by atoms with Crippen LogP contribution in [-0.4, -0.2) is 65.9 Å². The van der Waals surface area contributed by atoms with Gasteiger partial charge in [0.05, 0.1) is 5.57 Å². The van der Waals surface area contributed by atoms with Gasteiger partial charge >= 0.3 is 0 Å². The van der Waals surface area contributed by atoms with Gasteiger partial charge in [-0.05, 0) is 79.3 Å². The normalized spacial score (nSPS) is 11.6. The minimum Gasteiger partial charge on any atom is -0.492 e. The van der Waals surface area contributed by atoms with Crippen molar-refractivity contribution in [2.75, 3.05) is 60.4 Å². The van der Waals surface area contributed by atoms with Gasteiger partial charge in [0, 0.05) is 32.0 Å². The summed E-state index contributed by atoms with van der Waals surface area (Å²) in [6, 6.07) is 32.3. The molecule has 0 aliphatic rings. The van der Waals surface area contributed by atoms with Crippen molar-refractivity contribution in [3.8, 4) is 17.2 Å². The first-order valence-corrected chi connectivity index (χ1v) is 13.9. The van der Waals surface area contributed by atoms with Gasteiger partial charge in [0.25, 0.3) is 5.91 Å². The van der Waals surface area contributed by atoms with Gasteiger partial charge in [-0.2, -0.15) is 0 Å². The lowest BCUT2D eigenvalue weighted by molar-refractivity contribution is -0.111. The molecule has 0 heterocycles. The van der Waals surface area contributed by atoms with Crippen LogP contribution in [0.15, 0.2) is 103 Å². The average molecular weight is 583 g/mol. The summed E-state index contributed by atoms with van der Waals surface area (Å²) in [6.45, 7) is 1.66. The molecule has 0 saturated carbocycles. The maximum absolute atomic E-state index is 14.2. The second kappa shape index (κ2) is 16.1. The van der Waals surface area contributed by atoms with E-state index >= 15 is 0 Å². The number of ether oxygens (including phenoxy) is 5. The van der Waals surface area contributed by atoms with Crippen LogP contribution in [0.2, 0.25) is 0 Å². The standard InChI is InChI=1S/C35H38N2O6/c1-37(2)22-23-41-30-20-14-29(15-21-30)36-35(38)34(28-12-18-32(19-13-28)43-25-40-4)33(26-8-6-5-7-9-26)27-10-16-31(17-11-27)42-24-39-3/h5-21H,22-25H2,1-4H3,(H,36,38). The van der Waals surface area contributed by atoms with E-state index < -0.39 is 0 Å². The monoisotopic (exact) mass is 582 g/mol. The summed E-state index contributed by atoms with van der Waals surface area (Å²) in [5, 5.41) is 3.10. The zero-order valence-electron chi connectivity index (χ0n) is 25.0. The SMILES string of the molecule is COCOc1ccc(C(C(=O)Nc2ccc(OCCN(C)C)cc2)=C(c2ccccc2)c2ccc(OCOC)cc2)cc1. The number of likely N-dealkylation sites (N-methyl/N-ethyl adjacent to an activating group) is 1. The van der Waals surface area contributed by atoms with Gasteiger partial charge in [0.2, 0.25) is 0 Å². The Kier molecular flexibility index (Phi) is 11.7. The van der Waals surface area contributed by atoms with Crippen LogP contribution in [0.25, 0.3) is 11.1 Å². The highest BCUT2D eigenvalue weighted by atomic mass is 16.7. The molecule has 4 aromatic carbocycles. The van der Waals surface area contributed by atoms with Gasteiger partial charge in [0.1, 0.15) is 23.9 Å². The molecule has 0 bridgehead atoms. The molecule has 224 valence electrons. The molecule has 0 fully saturated rings. The molecular formula is C35H38N2O6. The summed E-state index contributed by atoms with van der Waals surface area (Å²) < 4.78 is 27.1. The Morgan fingerprint density at radius 1 is 0.628 bits per heavy atom. The van der Waals surface area contributed by atoms with Gasteiger partial charge in [-0.25, -0.2) is 0 Å². The van der Waals surface area contributed by atoms with Crippen molar-refractivity contribution in [2.24, 2.45) is 0 Å². The predicted octanol–water partition coefficient (Wildman–Crippen LogP) is 6.19. The lowest BCUT2D eigenvalue weighted by Gasteiger charge is -2.18. The van der Waals surface area contributed by atoms with E-state index in [1.807, 2.05) is 117 Å². The van der Waals surface area contributed by atoms with E-state index in [2.05, 4.69) is 10.2 Å². The smallest absolute Gasteiger partial charge is 0.256 e. The molecule has 43 heavy (non-hydrogen) atoms. The molecule has 0 radical (unpaired) electrons. The van der Waals surface area contributed by atoms with Gasteiger partial charge in [0.15, 0.2) is 13.6 Å². The van der Waals surface area contributed by atoms with Crippen molar-refractivity contribution in [2.45, 2.75) is 0 Å². The van der Waals surface area contributed by atoms with Crippen molar-refractivity contribution < 1.29 is 28.5 Å². The first kappa shape index (κ1) is 31.3. The summed E-state index contributed by atoms with van der Waals surface area (Å²) in [7, 11) is 7.15. The third-order valence-corrected chi connectivity index (χ3v) is 6.43. The Balaban J connectivity index is 1.75. The largest absolute Gasteiger partial charge is 0.492 e. The molecule has 0 aliphatic carbocycles. The van der Waals surface area contributed by atoms with E-state index in [1.54, 1.807) is 14.2 Å². The summed E-state index contributed by atoms with van der Waals surface area (Å²) in [6.07, 6.45) is 0. The summed E-state index contributed by atoms with van der Waals surface area (Å²) >= 11 is 0. The number of amides is 1. The third-order valence-electron chi connectivity index (χ3n) is 6.43. The van der Waals surface area contributed by atoms with E-state index in [0.29, 0.717) is 29.4 Å². The third kappa shape index (κ3) is 9.18. The highest BCUT2D eigenvalue weighted by molar-refractivity contribution is 6.33. The molecule has 4 aromatic rings. The average Bonchev–Trinajstić information content (AvgIpc) is 3.03. The number of anilines is 1. The first-order chi connectivity index (χ1) is 21.0. The number of methoxy groups -OCH3 is 2. The molecule has 8 nitrogen and oxygen atoms in total. The van der Waals surface area contributed by atoms with Crippen LogP contribution < -0.4 is 19.5 Å². The van der Waals surface area contributed by atoms with E-state index in [-0.39, 0.29) is 19.5 Å². The van der Waals surface area contributed by atoms with Gasteiger partial charge in [-0.3, -0.25) is 4.79 Å².